The molecule has 0 aromatic heterocycles. The summed E-state index contributed by atoms with van der Waals surface area (Å²) in [5, 5.41) is 6.37. The third-order valence-corrected chi connectivity index (χ3v) is 4.60. The van der Waals surface area contributed by atoms with Crippen molar-refractivity contribution in [1.82, 2.24) is 15.5 Å². The maximum absolute atomic E-state index is 13.4. The van der Waals surface area contributed by atoms with Crippen molar-refractivity contribution < 1.29 is 9.18 Å². The van der Waals surface area contributed by atoms with Gasteiger partial charge in [0.15, 0.2) is 5.96 Å². The lowest BCUT2D eigenvalue weighted by molar-refractivity contribution is 0.0827. The van der Waals surface area contributed by atoms with Crippen LogP contribution in [0.1, 0.15) is 28.4 Å². The Hall–Kier alpha value is -2.41. The minimum absolute atomic E-state index is 0.0271. The van der Waals surface area contributed by atoms with Crippen LogP contribution in [0.25, 0.3) is 0 Å². The van der Waals surface area contributed by atoms with Crippen molar-refractivity contribution in [1.29, 1.82) is 0 Å². The molecule has 0 saturated heterocycles. The highest BCUT2D eigenvalue weighted by atomic mass is 79.9. The van der Waals surface area contributed by atoms with Gasteiger partial charge in [0.05, 0.1) is 6.54 Å². The number of halogens is 2. The Morgan fingerprint density at radius 2 is 1.85 bits per heavy atom. The molecule has 27 heavy (non-hydrogen) atoms. The Balaban J connectivity index is 2.02. The van der Waals surface area contributed by atoms with Crippen LogP contribution in [0.4, 0.5) is 4.39 Å². The summed E-state index contributed by atoms with van der Waals surface area (Å²) >= 11 is 3.43. The average Bonchev–Trinajstić information content (AvgIpc) is 2.66. The lowest BCUT2D eigenvalue weighted by atomic mass is 10.1. The number of guanidine groups is 1. The van der Waals surface area contributed by atoms with Crippen molar-refractivity contribution in [2.24, 2.45) is 4.99 Å². The first kappa shape index (κ1) is 20.9. The van der Waals surface area contributed by atoms with E-state index in [-0.39, 0.29) is 11.7 Å². The smallest absolute Gasteiger partial charge is 0.253 e. The summed E-state index contributed by atoms with van der Waals surface area (Å²) in [5.41, 5.74) is 2.45. The summed E-state index contributed by atoms with van der Waals surface area (Å²) in [4.78, 5) is 18.0. The number of amides is 1. The topological polar surface area (TPSA) is 56.7 Å². The minimum atomic E-state index is -0.274. The van der Waals surface area contributed by atoms with Crippen molar-refractivity contribution in [3.8, 4) is 0 Å². The highest BCUT2D eigenvalue weighted by Crippen LogP contribution is 2.17. The van der Waals surface area contributed by atoms with E-state index in [2.05, 4.69) is 31.6 Å². The molecule has 0 aliphatic carbocycles. The van der Waals surface area contributed by atoms with E-state index in [4.69, 9.17) is 0 Å². The summed E-state index contributed by atoms with van der Waals surface area (Å²) in [5.74, 6) is 0.340. The molecule has 5 nitrogen and oxygen atoms in total. The van der Waals surface area contributed by atoms with Gasteiger partial charge in [0.25, 0.3) is 5.91 Å². The number of nitrogens with zero attached hydrogens (tertiary/aromatic N) is 2. The Kier molecular flexibility index (Phi) is 7.79. The quantitative estimate of drug-likeness (QED) is 0.539. The van der Waals surface area contributed by atoms with Crippen LogP contribution in [0.2, 0.25) is 0 Å². The first-order valence-corrected chi connectivity index (χ1v) is 9.46. The van der Waals surface area contributed by atoms with E-state index >= 15 is 0 Å². The summed E-state index contributed by atoms with van der Waals surface area (Å²) in [6, 6.07) is 12.0. The largest absolute Gasteiger partial charge is 0.357 e. The summed E-state index contributed by atoms with van der Waals surface area (Å²) < 4.78 is 14.2. The monoisotopic (exact) mass is 434 g/mol. The minimum Gasteiger partial charge on any atom is -0.357 e. The molecule has 2 rings (SSSR count). The van der Waals surface area contributed by atoms with Crippen LogP contribution in [-0.2, 0) is 13.1 Å². The highest BCUT2D eigenvalue weighted by molar-refractivity contribution is 9.10. The molecule has 0 spiro atoms. The van der Waals surface area contributed by atoms with Gasteiger partial charge in [-0.05, 0) is 48.4 Å². The van der Waals surface area contributed by atoms with E-state index in [1.165, 1.54) is 12.1 Å². The number of hydrogen-bond donors (Lipinski definition) is 2. The lowest BCUT2D eigenvalue weighted by Gasteiger charge is -2.13. The van der Waals surface area contributed by atoms with Gasteiger partial charge >= 0.3 is 0 Å². The predicted molar refractivity (Wildman–Crippen MR) is 110 cm³/mol. The van der Waals surface area contributed by atoms with Crippen LogP contribution in [0.15, 0.2) is 51.9 Å². The molecular formula is C20H24BrFN4O. The first-order chi connectivity index (χ1) is 12.9. The van der Waals surface area contributed by atoms with Gasteiger partial charge in [0, 0.05) is 37.2 Å². The zero-order valence-corrected chi connectivity index (χ0v) is 17.3. The van der Waals surface area contributed by atoms with Crippen molar-refractivity contribution in [2.45, 2.75) is 20.0 Å². The molecular weight excluding hydrogens is 411 g/mol. The zero-order chi connectivity index (χ0) is 19.8. The molecule has 2 aromatic carbocycles. The van der Waals surface area contributed by atoms with Crippen molar-refractivity contribution in [3.05, 3.63) is 69.4 Å². The van der Waals surface area contributed by atoms with Crippen LogP contribution in [0, 0.1) is 5.82 Å². The molecule has 0 aliphatic heterocycles. The van der Waals surface area contributed by atoms with Gasteiger partial charge < -0.3 is 15.5 Å². The third-order valence-electron chi connectivity index (χ3n) is 3.83. The second-order valence-electron chi connectivity index (χ2n) is 6.18. The number of aliphatic imine (C=N–C) groups is 1. The van der Waals surface area contributed by atoms with Gasteiger partial charge in [0.2, 0.25) is 0 Å². The fourth-order valence-electron chi connectivity index (χ4n) is 2.38. The number of carbonyl (C=O) groups excluding carboxylic acids is 1. The molecule has 7 heteroatoms. The van der Waals surface area contributed by atoms with Gasteiger partial charge in [-0.2, -0.15) is 0 Å². The van der Waals surface area contributed by atoms with E-state index < -0.39 is 0 Å². The average molecular weight is 435 g/mol. The number of benzene rings is 2. The molecule has 0 aliphatic rings. The SMILES string of the molecule is CCNC(=NCc1ccc(C(=O)N(C)C)cc1)NCc1cc(F)ccc1Br. The van der Waals surface area contributed by atoms with Crippen LogP contribution >= 0.6 is 15.9 Å². The molecule has 144 valence electrons. The molecule has 2 N–H and O–H groups in total. The van der Waals surface area contributed by atoms with Crippen LogP contribution < -0.4 is 10.6 Å². The van der Waals surface area contributed by atoms with Crippen LogP contribution in [-0.4, -0.2) is 37.4 Å². The Bertz CT molecular complexity index is 806. The second-order valence-corrected chi connectivity index (χ2v) is 7.04. The molecule has 0 radical (unpaired) electrons. The van der Waals surface area contributed by atoms with Gasteiger partial charge in [-0.15, -0.1) is 0 Å². The summed E-state index contributed by atoms with van der Waals surface area (Å²) in [6.45, 7) is 3.61. The van der Waals surface area contributed by atoms with Crippen molar-refractivity contribution >= 4 is 27.8 Å². The maximum Gasteiger partial charge on any atom is 0.253 e. The molecule has 0 fully saturated rings. The zero-order valence-electron chi connectivity index (χ0n) is 15.7. The van der Waals surface area contributed by atoms with E-state index in [9.17, 15) is 9.18 Å². The Labute approximate surface area is 167 Å². The van der Waals surface area contributed by atoms with Crippen LogP contribution in [0.5, 0.6) is 0 Å². The fourth-order valence-corrected chi connectivity index (χ4v) is 2.77. The van der Waals surface area contributed by atoms with Gasteiger partial charge in [0.1, 0.15) is 5.82 Å². The normalized spacial score (nSPS) is 11.2. The van der Waals surface area contributed by atoms with E-state index in [0.717, 1.165) is 15.6 Å². The molecule has 0 atom stereocenters. The Morgan fingerprint density at radius 1 is 1.15 bits per heavy atom. The molecule has 0 unspecified atom stereocenters. The molecule has 1 amide bonds. The van der Waals surface area contributed by atoms with Gasteiger partial charge in [-0.3, -0.25) is 4.79 Å². The van der Waals surface area contributed by atoms with E-state index in [1.54, 1.807) is 37.2 Å². The third kappa shape index (κ3) is 6.36. The van der Waals surface area contributed by atoms with Crippen molar-refractivity contribution in [2.75, 3.05) is 20.6 Å². The standard InChI is InChI=1S/C20H24BrFN4O/c1-4-23-20(25-13-16-11-17(22)9-10-18(16)21)24-12-14-5-7-15(8-6-14)19(27)26(2)3/h5-11H,4,12-13H2,1-3H3,(H2,23,24,25). The highest BCUT2D eigenvalue weighted by Gasteiger charge is 2.07. The predicted octanol–water partition coefficient (Wildman–Crippen LogP) is 3.55. The number of hydrogen-bond acceptors (Lipinski definition) is 2. The molecule has 0 bridgehead atoms. The molecule has 0 saturated carbocycles. The number of nitrogens with one attached hydrogen (secondary N) is 2. The van der Waals surface area contributed by atoms with Gasteiger partial charge in [-0.25, -0.2) is 9.38 Å². The van der Waals surface area contributed by atoms with E-state index in [0.29, 0.717) is 31.2 Å². The first-order valence-electron chi connectivity index (χ1n) is 8.67. The van der Waals surface area contributed by atoms with Crippen molar-refractivity contribution in [3.63, 3.8) is 0 Å². The molecule has 0 heterocycles. The number of carbonyl (C=O) groups is 1. The van der Waals surface area contributed by atoms with Crippen LogP contribution in [0.3, 0.4) is 0 Å². The summed E-state index contributed by atoms with van der Waals surface area (Å²) in [6.07, 6.45) is 0. The lowest BCUT2D eigenvalue weighted by Crippen LogP contribution is -2.36. The fraction of sp³-hybridized carbons (Fsp3) is 0.300. The second kappa shape index (κ2) is 10.1. The maximum atomic E-state index is 13.4. The molecule has 2 aromatic rings. The number of rotatable bonds is 6. The van der Waals surface area contributed by atoms with Gasteiger partial charge in [-0.1, -0.05) is 28.1 Å². The summed E-state index contributed by atoms with van der Waals surface area (Å²) in [7, 11) is 3.46. The van der Waals surface area contributed by atoms with E-state index in [1.807, 2.05) is 19.1 Å². The Morgan fingerprint density at radius 3 is 2.48 bits per heavy atom.